The van der Waals surface area contributed by atoms with Crippen molar-refractivity contribution in [2.75, 3.05) is 0 Å². The van der Waals surface area contributed by atoms with Crippen molar-refractivity contribution < 1.29 is 9.90 Å². The molecule has 1 N–H and O–H groups in total. The van der Waals surface area contributed by atoms with Crippen LogP contribution in [0.3, 0.4) is 0 Å². The van der Waals surface area contributed by atoms with Gasteiger partial charge in [0.15, 0.2) is 0 Å². The van der Waals surface area contributed by atoms with E-state index in [1.807, 2.05) is 27.7 Å². The largest absolute Gasteiger partial charge is 0.481 e. The number of nitrogens with zero attached hydrogens (tertiary/aromatic N) is 2. The lowest BCUT2D eigenvalue weighted by Crippen LogP contribution is -2.20. The molecule has 0 saturated carbocycles. The molecule has 1 aromatic rings. The highest BCUT2D eigenvalue weighted by Crippen LogP contribution is 2.39. The predicted octanol–water partition coefficient (Wildman–Crippen LogP) is 5.91. The number of rotatable bonds is 6. The second kappa shape index (κ2) is 7.68. The summed E-state index contributed by atoms with van der Waals surface area (Å²) in [7, 11) is 0. The first-order valence-corrected chi connectivity index (χ1v) is 9.08. The number of aliphatic carboxylic acids is 1. The van der Waals surface area contributed by atoms with Crippen LogP contribution in [0.25, 0.3) is 0 Å². The molecular weight excluding hydrogens is 320 g/mol. The second-order valence-electron chi connectivity index (χ2n) is 8.32. The first kappa shape index (κ1) is 20.7. The Morgan fingerprint density at radius 1 is 1.00 bits per heavy atom. The lowest BCUT2D eigenvalue weighted by atomic mass is 9.87. The average molecular weight is 351 g/mol. The van der Waals surface area contributed by atoms with E-state index >= 15 is 0 Å². The zero-order valence-electron chi connectivity index (χ0n) is 15.9. The Morgan fingerprint density at radius 3 is 1.96 bits per heavy atom. The van der Waals surface area contributed by atoms with E-state index in [9.17, 15) is 4.79 Å². The Balaban J connectivity index is 2.99. The molecule has 1 unspecified atom stereocenters. The number of carbonyl (C=O) groups is 1. The summed E-state index contributed by atoms with van der Waals surface area (Å²) in [5, 5.41) is 17.9. The summed E-state index contributed by atoms with van der Waals surface area (Å²) in [5.74, 6) is -0.809. The van der Waals surface area contributed by atoms with Crippen molar-refractivity contribution in [2.24, 2.45) is 10.2 Å². The summed E-state index contributed by atoms with van der Waals surface area (Å²) in [4.78, 5) is 11.5. The molecule has 1 aromatic carbocycles. The summed E-state index contributed by atoms with van der Waals surface area (Å²) >= 11 is 1.57. The summed E-state index contributed by atoms with van der Waals surface area (Å²) < 4.78 is 0. The maximum atomic E-state index is 11.0. The molecule has 134 valence electrons. The van der Waals surface area contributed by atoms with E-state index in [1.54, 1.807) is 11.8 Å². The molecule has 0 radical (unpaired) electrons. The van der Waals surface area contributed by atoms with Gasteiger partial charge in [0.1, 0.15) is 4.87 Å². The smallest absolute Gasteiger partial charge is 0.303 e. The van der Waals surface area contributed by atoms with Crippen LogP contribution in [0.15, 0.2) is 39.4 Å². The molecule has 0 fully saturated rings. The minimum Gasteiger partial charge on any atom is -0.481 e. The molecule has 1 atom stereocenters. The Morgan fingerprint density at radius 2 is 1.54 bits per heavy atom. The molecular formula is C19H30N2O2S. The van der Waals surface area contributed by atoms with Gasteiger partial charge in [0.05, 0.1) is 5.54 Å². The molecule has 5 heteroatoms. The Labute approximate surface area is 150 Å². The lowest BCUT2D eigenvalue weighted by Gasteiger charge is -2.25. The van der Waals surface area contributed by atoms with Crippen molar-refractivity contribution in [3.8, 4) is 0 Å². The lowest BCUT2D eigenvalue weighted by molar-refractivity contribution is -0.137. The van der Waals surface area contributed by atoms with Crippen molar-refractivity contribution in [2.45, 2.75) is 82.0 Å². The van der Waals surface area contributed by atoms with E-state index in [0.29, 0.717) is 6.42 Å². The molecule has 0 spiro atoms. The fraction of sp³-hybridized carbons (Fsp3) is 0.632. The van der Waals surface area contributed by atoms with E-state index in [1.165, 1.54) is 5.56 Å². The van der Waals surface area contributed by atoms with Gasteiger partial charge in [-0.2, -0.15) is 10.2 Å². The van der Waals surface area contributed by atoms with Crippen LogP contribution in [0, 0.1) is 0 Å². The molecule has 0 aliphatic rings. The van der Waals surface area contributed by atoms with E-state index in [0.717, 1.165) is 4.90 Å². The second-order valence-corrected chi connectivity index (χ2v) is 9.87. The quantitative estimate of drug-likeness (QED) is 0.512. The molecule has 0 aromatic heterocycles. The first-order valence-electron chi connectivity index (χ1n) is 8.26. The van der Waals surface area contributed by atoms with Gasteiger partial charge in [-0.1, -0.05) is 44.7 Å². The Kier molecular flexibility index (Phi) is 6.62. The van der Waals surface area contributed by atoms with Gasteiger partial charge in [-0.3, -0.25) is 4.79 Å². The Bertz CT molecular complexity index is 583. The van der Waals surface area contributed by atoms with E-state index in [4.69, 9.17) is 5.11 Å². The normalized spacial score (nSPS) is 15.5. The molecule has 0 amide bonds. The zero-order valence-corrected chi connectivity index (χ0v) is 16.7. The number of carboxylic acids is 1. The molecule has 24 heavy (non-hydrogen) atoms. The van der Waals surface area contributed by atoms with Crippen LogP contribution >= 0.6 is 11.8 Å². The zero-order chi connectivity index (χ0) is 18.6. The number of thioether (sulfide) groups is 1. The third-order valence-electron chi connectivity index (χ3n) is 3.42. The monoisotopic (exact) mass is 350 g/mol. The first-order chi connectivity index (χ1) is 10.8. The van der Waals surface area contributed by atoms with Gasteiger partial charge in [0.25, 0.3) is 0 Å². The topological polar surface area (TPSA) is 62.0 Å². The number of azo groups is 1. The number of hydrogen-bond donors (Lipinski definition) is 1. The van der Waals surface area contributed by atoms with Crippen LogP contribution in [0.4, 0.5) is 0 Å². The summed E-state index contributed by atoms with van der Waals surface area (Å²) in [6, 6.07) is 8.41. The van der Waals surface area contributed by atoms with Gasteiger partial charge in [-0.05, 0) is 57.2 Å². The van der Waals surface area contributed by atoms with Crippen molar-refractivity contribution in [3.05, 3.63) is 29.8 Å². The number of hydrogen-bond acceptors (Lipinski definition) is 4. The fourth-order valence-corrected chi connectivity index (χ4v) is 3.06. The van der Waals surface area contributed by atoms with E-state index in [-0.39, 0.29) is 17.4 Å². The Hall–Kier alpha value is -1.36. The third kappa shape index (κ3) is 7.47. The van der Waals surface area contributed by atoms with Gasteiger partial charge in [-0.25, -0.2) is 0 Å². The van der Waals surface area contributed by atoms with Crippen LogP contribution in [-0.4, -0.2) is 21.5 Å². The standard InChI is InChI=1S/C19H30N2O2S/c1-17(2,3)14-8-10-15(11-9-14)24-19(7,13-12-16(22)23)21-20-18(4,5)6/h8-11H,12-13H2,1-7H3,(H,22,23). The van der Waals surface area contributed by atoms with Crippen LogP contribution in [-0.2, 0) is 10.2 Å². The SMILES string of the molecule is CC(C)(C)N=NC(C)(CCC(=O)O)Sc1ccc(C(C)(C)C)cc1. The minimum atomic E-state index is -0.809. The third-order valence-corrected chi connectivity index (χ3v) is 4.66. The molecule has 0 saturated heterocycles. The van der Waals surface area contributed by atoms with Gasteiger partial charge in [0, 0.05) is 11.3 Å². The summed E-state index contributed by atoms with van der Waals surface area (Å²) in [6.45, 7) is 14.5. The van der Waals surface area contributed by atoms with E-state index < -0.39 is 10.8 Å². The van der Waals surface area contributed by atoms with Crippen LogP contribution < -0.4 is 0 Å². The number of carboxylic acid groups (broad SMARTS) is 1. The minimum absolute atomic E-state index is 0.0761. The number of benzene rings is 1. The fourth-order valence-electron chi connectivity index (χ4n) is 1.99. The molecule has 0 aliphatic heterocycles. The van der Waals surface area contributed by atoms with Crippen LogP contribution in [0.2, 0.25) is 0 Å². The highest BCUT2D eigenvalue weighted by molar-refractivity contribution is 8.00. The van der Waals surface area contributed by atoms with Gasteiger partial charge in [0.2, 0.25) is 0 Å². The van der Waals surface area contributed by atoms with Crippen LogP contribution in [0.1, 0.15) is 66.9 Å². The van der Waals surface area contributed by atoms with Crippen molar-refractivity contribution in [3.63, 3.8) is 0 Å². The molecule has 0 aliphatic carbocycles. The van der Waals surface area contributed by atoms with Gasteiger partial charge in [-0.15, -0.1) is 0 Å². The maximum absolute atomic E-state index is 11.0. The highest BCUT2D eigenvalue weighted by atomic mass is 32.2. The highest BCUT2D eigenvalue weighted by Gasteiger charge is 2.27. The van der Waals surface area contributed by atoms with Crippen molar-refractivity contribution >= 4 is 17.7 Å². The average Bonchev–Trinajstić information content (AvgIpc) is 2.42. The van der Waals surface area contributed by atoms with Crippen molar-refractivity contribution in [1.29, 1.82) is 0 Å². The molecule has 1 rings (SSSR count). The summed E-state index contributed by atoms with van der Waals surface area (Å²) in [6.07, 6.45) is 0.514. The molecule has 0 bridgehead atoms. The van der Waals surface area contributed by atoms with Gasteiger partial charge >= 0.3 is 5.97 Å². The molecule has 4 nitrogen and oxygen atoms in total. The predicted molar refractivity (Wildman–Crippen MR) is 101 cm³/mol. The van der Waals surface area contributed by atoms with Gasteiger partial charge < -0.3 is 5.11 Å². The van der Waals surface area contributed by atoms with Crippen molar-refractivity contribution in [1.82, 2.24) is 0 Å². The maximum Gasteiger partial charge on any atom is 0.303 e. The van der Waals surface area contributed by atoms with Crippen LogP contribution in [0.5, 0.6) is 0 Å². The van der Waals surface area contributed by atoms with E-state index in [2.05, 4.69) is 55.3 Å². The molecule has 0 heterocycles. The summed E-state index contributed by atoms with van der Waals surface area (Å²) in [5.41, 5.74) is 1.11.